The molecule has 0 spiro atoms. The number of hydrogen-bond donors (Lipinski definition) is 2. The van der Waals surface area contributed by atoms with Crippen LogP contribution in [0, 0.1) is 25.2 Å². The number of H-pyrrole nitrogens is 1. The van der Waals surface area contributed by atoms with E-state index in [0.717, 1.165) is 22.7 Å². The highest BCUT2D eigenvalue weighted by atomic mass is 32.2. The van der Waals surface area contributed by atoms with Crippen LogP contribution in [0.25, 0.3) is 0 Å². The molecule has 0 unspecified atom stereocenters. The molecule has 2 rings (SSSR count). The molecular weight excluding hydrogens is 298 g/mol. The second-order valence-electron chi connectivity index (χ2n) is 4.09. The number of pyridine rings is 1. The van der Waals surface area contributed by atoms with Gasteiger partial charge in [-0.3, -0.25) is 9.52 Å². The number of rotatable bonds is 3. The van der Waals surface area contributed by atoms with Gasteiger partial charge < -0.3 is 4.98 Å². The number of aromatic nitrogens is 1. The maximum Gasteiger partial charge on any atom is 0.263 e. The molecule has 2 heterocycles. The van der Waals surface area contributed by atoms with E-state index in [2.05, 4.69) is 9.71 Å². The molecule has 0 atom stereocenters. The highest BCUT2D eigenvalue weighted by molar-refractivity contribution is 7.93. The topological polar surface area (TPSA) is 103 Å². The van der Waals surface area contributed by atoms with Gasteiger partial charge in [0.25, 0.3) is 10.0 Å². The highest BCUT2D eigenvalue weighted by Gasteiger charge is 2.20. The fourth-order valence-electron chi connectivity index (χ4n) is 1.58. The van der Waals surface area contributed by atoms with Gasteiger partial charge in [-0.2, -0.15) is 5.26 Å². The number of nitriles is 1. The van der Waals surface area contributed by atoms with Crippen molar-refractivity contribution in [2.75, 3.05) is 4.72 Å². The SMILES string of the molecule is Cc1sc(NS(=O)(=O)c2ccc(=O)[nH]c2)c(C#N)c1C. The van der Waals surface area contributed by atoms with E-state index >= 15 is 0 Å². The molecule has 0 fully saturated rings. The van der Waals surface area contributed by atoms with Gasteiger partial charge in [0.15, 0.2) is 0 Å². The predicted molar refractivity (Wildman–Crippen MR) is 76.4 cm³/mol. The van der Waals surface area contributed by atoms with Crippen molar-refractivity contribution in [3.8, 4) is 6.07 Å². The first-order valence-electron chi connectivity index (χ1n) is 5.57. The normalized spacial score (nSPS) is 11.1. The molecular formula is C12H11N3O3S2. The lowest BCUT2D eigenvalue weighted by molar-refractivity contribution is 0.601. The first-order valence-corrected chi connectivity index (χ1v) is 7.87. The number of nitrogens with zero attached hydrogens (tertiary/aromatic N) is 1. The van der Waals surface area contributed by atoms with Crippen LogP contribution < -0.4 is 10.3 Å². The van der Waals surface area contributed by atoms with E-state index in [-0.39, 0.29) is 15.5 Å². The van der Waals surface area contributed by atoms with Gasteiger partial charge in [0, 0.05) is 17.1 Å². The molecule has 0 aliphatic heterocycles. The van der Waals surface area contributed by atoms with Gasteiger partial charge in [-0.25, -0.2) is 8.42 Å². The molecule has 2 aromatic rings. The largest absolute Gasteiger partial charge is 0.328 e. The molecule has 0 radical (unpaired) electrons. The average molecular weight is 309 g/mol. The van der Waals surface area contributed by atoms with E-state index in [0.29, 0.717) is 5.56 Å². The van der Waals surface area contributed by atoms with Crippen LogP contribution in [-0.4, -0.2) is 13.4 Å². The van der Waals surface area contributed by atoms with Gasteiger partial charge in [-0.1, -0.05) is 0 Å². The Labute approximate surface area is 119 Å². The Bertz CT molecular complexity index is 837. The van der Waals surface area contributed by atoms with E-state index < -0.39 is 10.0 Å². The molecule has 2 N–H and O–H groups in total. The predicted octanol–water partition coefficient (Wildman–Crippen LogP) is 1.73. The van der Waals surface area contributed by atoms with E-state index in [1.54, 1.807) is 6.92 Å². The fraction of sp³-hybridized carbons (Fsp3) is 0.167. The van der Waals surface area contributed by atoms with Crippen molar-refractivity contribution in [1.29, 1.82) is 5.26 Å². The van der Waals surface area contributed by atoms with E-state index in [1.807, 2.05) is 13.0 Å². The minimum atomic E-state index is -3.83. The molecule has 0 bridgehead atoms. The van der Waals surface area contributed by atoms with Crippen molar-refractivity contribution in [3.05, 3.63) is 44.7 Å². The van der Waals surface area contributed by atoms with Crippen LogP contribution in [0.4, 0.5) is 5.00 Å². The van der Waals surface area contributed by atoms with Crippen molar-refractivity contribution in [3.63, 3.8) is 0 Å². The highest BCUT2D eigenvalue weighted by Crippen LogP contribution is 2.33. The summed E-state index contributed by atoms with van der Waals surface area (Å²) in [6.45, 7) is 3.58. The summed E-state index contributed by atoms with van der Waals surface area (Å²) >= 11 is 1.21. The van der Waals surface area contributed by atoms with Crippen molar-refractivity contribution in [1.82, 2.24) is 4.98 Å². The lowest BCUT2D eigenvalue weighted by Gasteiger charge is -2.05. The van der Waals surface area contributed by atoms with Crippen molar-refractivity contribution >= 4 is 26.4 Å². The van der Waals surface area contributed by atoms with Crippen LogP contribution in [-0.2, 0) is 10.0 Å². The molecule has 6 nitrogen and oxygen atoms in total. The second-order valence-corrected chi connectivity index (χ2v) is 7.00. The van der Waals surface area contributed by atoms with Gasteiger partial charge in [0.1, 0.15) is 16.0 Å². The molecule has 2 aromatic heterocycles. The van der Waals surface area contributed by atoms with Gasteiger partial charge in [0.2, 0.25) is 5.56 Å². The smallest absolute Gasteiger partial charge is 0.263 e. The Morgan fingerprint density at radius 2 is 2.05 bits per heavy atom. The standard InChI is InChI=1S/C12H11N3O3S2/c1-7-8(2)19-12(10(7)5-13)15-20(17,18)9-3-4-11(16)14-6-9/h3-4,6,15H,1-2H3,(H,14,16). The monoisotopic (exact) mass is 309 g/mol. The first-order chi connectivity index (χ1) is 9.35. The van der Waals surface area contributed by atoms with Crippen molar-refractivity contribution in [2.45, 2.75) is 18.7 Å². The van der Waals surface area contributed by atoms with Crippen LogP contribution in [0.2, 0.25) is 0 Å². The molecule has 104 valence electrons. The van der Waals surface area contributed by atoms with Crippen molar-refractivity contribution in [2.24, 2.45) is 0 Å². The van der Waals surface area contributed by atoms with E-state index in [9.17, 15) is 13.2 Å². The zero-order valence-electron chi connectivity index (χ0n) is 10.7. The second kappa shape index (κ2) is 5.11. The third kappa shape index (κ3) is 2.59. The molecule has 0 saturated heterocycles. The Kier molecular flexibility index (Phi) is 3.65. The van der Waals surface area contributed by atoms with Crippen LogP contribution in [0.5, 0.6) is 0 Å². The maximum atomic E-state index is 12.2. The third-order valence-corrected chi connectivity index (χ3v) is 5.39. The maximum absolute atomic E-state index is 12.2. The number of aryl methyl sites for hydroxylation is 1. The Hall–Kier alpha value is -2.11. The number of anilines is 1. The molecule has 0 aromatic carbocycles. The first kappa shape index (κ1) is 14.3. The molecule has 8 heteroatoms. The van der Waals surface area contributed by atoms with Crippen LogP contribution >= 0.6 is 11.3 Å². The van der Waals surface area contributed by atoms with Gasteiger partial charge >= 0.3 is 0 Å². The number of thiophene rings is 1. The van der Waals surface area contributed by atoms with Gasteiger partial charge in [-0.05, 0) is 25.5 Å². The number of sulfonamides is 1. The summed E-state index contributed by atoms with van der Waals surface area (Å²) in [7, 11) is -3.83. The van der Waals surface area contributed by atoms with Crippen LogP contribution in [0.1, 0.15) is 16.0 Å². The minimum absolute atomic E-state index is 0.0651. The summed E-state index contributed by atoms with van der Waals surface area (Å²) in [6.07, 6.45) is 1.12. The summed E-state index contributed by atoms with van der Waals surface area (Å²) in [4.78, 5) is 14.1. The van der Waals surface area contributed by atoms with Gasteiger partial charge in [0.05, 0.1) is 5.56 Å². The Morgan fingerprint density at radius 3 is 2.60 bits per heavy atom. The van der Waals surface area contributed by atoms with Crippen LogP contribution in [0.3, 0.4) is 0 Å². The molecule has 0 amide bonds. The lowest BCUT2D eigenvalue weighted by atomic mass is 10.2. The van der Waals surface area contributed by atoms with Gasteiger partial charge in [-0.15, -0.1) is 11.3 Å². The molecule has 0 saturated carbocycles. The lowest BCUT2D eigenvalue weighted by Crippen LogP contribution is -2.15. The quantitative estimate of drug-likeness (QED) is 0.901. The Morgan fingerprint density at radius 1 is 1.35 bits per heavy atom. The summed E-state index contributed by atoms with van der Waals surface area (Å²) in [5, 5.41) is 9.38. The zero-order valence-corrected chi connectivity index (χ0v) is 12.4. The van der Waals surface area contributed by atoms with E-state index in [1.165, 1.54) is 17.4 Å². The molecule has 0 aliphatic rings. The fourth-order valence-corrected chi connectivity index (χ4v) is 3.86. The molecule has 0 aliphatic carbocycles. The summed E-state index contributed by atoms with van der Waals surface area (Å²) in [5.41, 5.74) is 0.696. The van der Waals surface area contributed by atoms with Crippen LogP contribution in [0.15, 0.2) is 28.0 Å². The summed E-state index contributed by atoms with van der Waals surface area (Å²) < 4.78 is 26.7. The average Bonchev–Trinajstić information content (AvgIpc) is 2.64. The summed E-state index contributed by atoms with van der Waals surface area (Å²) in [5.74, 6) is 0. The van der Waals surface area contributed by atoms with E-state index in [4.69, 9.17) is 5.26 Å². The number of hydrogen-bond acceptors (Lipinski definition) is 5. The Balaban J connectivity index is 2.44. The number of aromatic amines is 1. The molecule has 20 heavy (non-hydrogen) atoms. The minimum Gasteiger partial charge on any atom is -0.328 e. The van der Waals surface area contributed by atoms with Crippen molar-refractivity contribution < 1.29 is 8.42 Å². The third-order valence-electron chi connectivity index (χ3n) is 2.79. The number of nitrogens with one attached hydrogen (secondary N) is 2. The summed E-state index contributed by atoms with van der Waals surface area (Å²) in [6, 6.07) is 4.33. The zero-order chi connectivity index (χ0) is 14.9.